The van der Waals surface area contributed by atoms with Crippen molar-refractivity contribution < 1.29 is 9.18 Å². The molecule has 1 aliphatic rings. The molecule has 2 aromatic rings. The van der Waals surface area contributed by atoms with Gasteiger partial charge in [0.05, 0.1) is 6.04 Å². The third-order valence-corrected chi connectivity index (χ3v) is 5.50. The van der Waals surface area contributed by atoms with Crippen LogP contribution < -0.4 is 10.6 Å². The Morgan fingerprint density at radius 3 is 2.73 bits per heavy atom. The number of hydrogen-bond donors (Lipinski definition) is 1. The quantitative estimate of drug-likeness (QED) is 0.832. The number of aromatic nitrogens is 1. The molecule has 5 nitrogen and oxygen atoms in total. The minimum atomic E-state index is -0.525. The lowest BCUT2D eigenvalue weighted by molar-refractivity contribution is 0.144. The maximum atomic E-state index is 13.6. The molecule has 3 atom stereocenters. The standard InChI is InChI=1S/C19H22ClFN4O/c1-12(15-5-3-4-6-16(15)20)18-13(2)24(9-10-25(18)19(22)26)14-7-8-23-17(21)11-14/h3-8,11-13,18H,9-10H2,1-2H3,(H2,22,26)/t12-,13?,18?/m1/s1. The van der Waals surface area contributed by atoms with E-state index in [1.165, 1.54) is 12.3 Å². The summed E-state index contributed by atoms with van der Waals surface area (Å²) in [7, 11) is 0. The summed E-state index contributed by atoms with van der Waals surface area (Å²) in [5.41, 5.74) is 7.35. The summed E-state index contributed by atoms with van der Waals surface area (Å²) in [5.74, 6) is -0.566. The van der Waals surface area contributed by atoms with Gasteiger partial charge in [-0.15, -0.1) is 0 Å². The SMILES string of the molecule is CC1C([C@H](C)c2ccccc2Cl)N(C(N)=O)CCN1c1ccnc(F)c1. The van der Waals surface area contributed by atoms with Crippen molar-refractivity contribution >= 4 is 23.3 Å². The molecule has 7 heteroatoms. The molecule has 2 amide bonds. The number of nitrogens with zero attached hydrogens (tertiary/aromatic N) is 3. The Hall–Kier alpha value is -2.34. The second-order valence-corrected chi connectivity index (χ2v) is 7.01. The molecule has 2 heterocycles. The molecule has 0 saturated carbocycles. The van der Waals surface area contributed by atoms with Crippen LogP contribution in [0.1, 0.15) is 25.3 Å². The van der Waals surface area contributed by atoms with Gasteiger partial charge in [-0.25, -0.2) is 9.78 Å². The van der Waals surface area contributed by atoms with Gasteiger partial charge in [-0.3, -0.25) is 0 Å². The maximum absolute atomic E-state index is 13.6. The van der Waals surface area contributed by atoms with Crippen molar-refractivity contribution in [2.45, 2.75) is 31.8 Å². The summed E-state index contributed by atoms with van der Waals surface area (Å²) >= 11 is 6.38. The van der Waals surface area contributed by atoms with Gasteiger partial charge >= 0.3 is 6.03 Å². The predicted molar refractivity (Wildman–Crippen MR) is 101 cm³/mol. The molecule has 2 N–H and O–H groups in total. The summed E-state index contributed by atoms with van der Waals surface area (Å²) in [4.78, 5) is 19.4. The lowest BCUT2D eigenvalue weighted by Crippen LogP contribution is -2.63. The number of rotatable bonds is 3. The van der Waals surface area contributed by atoms with Crippen LogP contribution in [0.4, 0.5) is 14.9 Å². The fourth-order valence-electron chi connectivity index (χ4n) is 3.92. The molecular weight excluding hydrogens is 355 g/mol. The van der Waals surface area contributed by atoms with Crippen LogP contribution in [0, 0.1) is 5.95 Å². The fourth-order valence-corrected chi connectivity index (χ4v) is 4.23. The van der Waals surface area contributed by atoms with Crippen molar-refractivity contribution in [1.29, 1.82) is 0 Å². The molecule has 1 aromatic carbocycles. The van der Waals surface area contributed by atoms with Crippen LogP contribution in [0.15, 0.2) is 42.6 Å². The first-order chi connectivity index (χ1) is 12.4. The fraction of sp³-hybridized carbons (Fsp3) is 0.368. The molecule has 138 valence electrons. The molecule has 1 saturated heterocycles. The zero-order valence-electron chi connectivity index (χ0n) is 14.8. The van der Waals surface area contributed by atoms with Gasteiger partial charge in [-0.2, -0.15) is 4.39 Å². The van der Waals surface area contributed by atoms with Crippen molar-refractivity contribution in [2.24, 2.45) is 5.73 Å². The zero-order chi connectivity index (χ0) is 18.8. The first-order valence-corrected chi connectivity index (χ1v) is 8.96. The third-order valence-electron chi connectivity index (χ3n) is 5.16. The summed E-state index contributed by atoms with van der Waals surface area (Å²) in [6, 6.07) is 10.1. The first kappa shape index (κ1) is 18.5. The first-order valence-electron chi connectivity index (χ1n) is 8.59. The van der Waals surface area contributed by atoms with E-state index >= 15 is 0 Å². The Morgan fingerprint density at radius 2 is 2.08 bits per heavy atom. The van der Waals surface area contributed by atoms with E-state index in [0.717, 1.165) is 11.3 Å². The molecule has 0 bridgehead atoms. The van der Waals surface area contributed by atoms with E-state index < -0.39 is 12.0 Å². The number of carbonyl (C=O) groups excluding carboxylic acids is 1. The Kier molecular flexibility index (Phi) is 5.32. The Morgan fingerprint density at radius 1 is 1.35 bits per heavy atom. The molecule has 3 rings (SSSR count). The lowest BCUT2D eigenvalue weighted by Gasteiger charge is -2.49. The number of hydrogen-bond acceptors (Lipinski definition) is 3. The average molecular weight is 377 g/mol. The topological polar surface area (TPSA) is 62.5 Å². The van der Waals surface area contributed by atoms with Crippen LogP contribution in [0.3, 0.4) is 0 Å². The highest BCUT2D eigenvalue weighted by Gasteiger charge is 2.40. The van der Waals surface area contributed by atoms with E-state index in [0.29, 0.717) is 18.1 Å². The van der Waals surface area contributed by atoms with E-state index in [9.17, 15) is 9.18 Å². The van der Waals surface area contributed by atoms with Gasteiger partial charge < -0.3 is 15.5 Å². The molecule has 0 aliphatic carbocycles. The maximum Gasteiger partial charge on any atom is 0.315 e. The number of benzene rings is 1. The normalized spacial score (nSPS) is 21.5. The van der Waals surface area contributed by atoms with Crippen molar-refractivity contribution in [3.63, 3.8) is 0 Å². The molecular formula is C19H22ClFN4O. The Bertz CT molecular complexity index is 803. The van der Waals surface area contributed by atoms with Gasteiger partial charge in [0.15, 0.2) is 0 Å². The molecule has 0 spiro atoms. The molecule has 0 radical (unpaired) electrons. The van der Waals surface area contributed by atoms with Gasteiger partial charge in [-0.05, 0) is 24.6 Å². The number of primary amides is 1. The monoisotopic (exact) mass is 376 g/mol. The molecule has 1 aliphatic heterocycles. The summed E-state index contributed by atoms with van der Waals surface area (Å²) < 4.78 is 13.6. The van der Waals surface area contributed by atoms with Gasteiger partial charge in [-0.1, -0.05) is 36.7 Å². The number of anilines is 1. The highest BCUT2D eigenvalue weighted by atomic mass is 35.5. The van der Waals surface area contributed by atoms with Crippen LogP contribution in [0.25, 0.3) is 0 Å². The number of amides is 2. The van der Waals surface area contributed by atoms with Crippen molar-refractivity contribution in [1.82, 2.24) is 9.88 Å². The van der Waals surface area contributed by atoms with Crippen molar-refractivity contribution in [2.75, 3.05) is 18.0 Å². The van der Waals surface area contributed by atoms with Gasteiger partial charge in [0.1, 0.15) is 0 Å². The molecule has 2 unspecified atom stereocenters. The third kappa shape index (κ3) is 3.46. The largest absolute Gasteiger partial charge is 0.365 e. The van der Waals surface area contributed by atoms with Crippen LogP contribution >= 0.6 is 11.6 Å². The smallest absolute Gasteiger partial charge is 0.315 e. The summed E-state index contributed by atoms with van der Waals surface area (Å²) in [6.45, 7) is 5.09. The molecule has 1 fully saturated rings. The molecule has 26 heavy (non-hydrogen) atoms. The van der Waals surface area contributed by atoms with Gasteiger partial charge in [0.25, 0.3) is 0 Å². The minimum Gasteiger partial charge on any atom is -0.365 e. The minimum absolute atomic E-state index is 0.0410. The number of carbonyl (C=O) groups is 1. The number of pyridine rings is 1. The second kappa shape index (κ2) is 7.50. The van der Waals surface area contributed by atoms with Crippen LogP contribution in [0.2, 0.25) is 5.02 Å². The second-order valence-electron chi connectivity index (χ2n) is 6.60. The van der Waals surface area contributed by atoms with Crippen LogP contribution in [-0.2, 0) is 0 Å². The van der Waals surface area contributed by atoms with E-state index in [1.807, 2.05) is 38.1 Å². The number of urea groups is 1. The average Bonchev–Trinajstić information content (AvgIpc) is 2.61. The highest BCUT2D eigenvalue weighted by molar-refractivity contribution is 6.31. The van der Waals surface area contributed by atoms with Gasteiger partial charge in [0.2, 0.25) is 5.95 Å². The van der Waals surface area contributed by atoms with E-state index in [-0.39, 0.29) is 18.0 Å². The van der Waals surface area contributed by atoms with Crippen LogP contribution in [-0.4, -0.2) is 41.1 Å². The predicted octanol–water partition coefficient (Wildman–Crippen LogP) is 3.64. The van der Waals surface area contributed by atoms with E-state index in [2.05, 4.69) is 9.88 Å². The summed E-state index contributed by atoms with van der Waals surface area (Å²) in [5, 5.41) is 0.656. The zero-order valence-corrected chi connectivity index (χ0v) is 15.5. The van der Waals surface area contributed by atoms with E-state index in [1.54, 1.807) is 11.0 Å². The number of piperazine rings is 1. The Balaban J connectivity index is 1.97. The van der Waals surface area contributed by atoms with Crippen molar-refractivity contribution in [3.8, 4) is 0 Å². The van der Waals surface area contributed by atoms with Gasteiger partial charge in [0, 0.05) is 48.0 Å². The van der Waals surface area contributed by atoms with E-state index in [4.69, 9.17) is 17.3 Å². The number of halogens is 2. The lowest BCUT2D eigenvalue weighted by atomic mass is 9.85. The van der Waals surface area contributed by atoms with Crippen molar-refractivity contribution in [3.05, 3.63) is 59.1 Å². The Labute approximate surface area is 157 Å². The number of nitrogens with two attached hydrogens (primary N) is 1. The highest BCUT2D eigenvalue weighted by Crippen LogP contribution is 2.35. The summed E-state index contributed by atoms with van der Waals surface area (Å²) in [6.07, 6.45) is 1.45. The van der Waals surface area contributed by atoms with Crippen LogP contribution in [0.5, 0.6) is 0 Å². The molecule has 1 aromatic heterocycles.